The lowest BCUT2D eigenvalue weighted by Gasteiger charge is -2.37. The largest absolute Gasteiger partial charge is 0.444 e. The first-order valence-corrected chi connectivity index (χ1v) is 13.8. The van der Waals surface area contributed by atoms with Gasteiger partial charge in [0.2, 0.25) is 0 Å². The molecular weight excluding hydrogens is 497 g/mol. The van der Waals surface area contributed by atoms with Gasteiger partial charge in [-0.25, -0.2) is 14.2 Å². The molecule has 1 aliphatic carbocycles. The van der Waals surface area contributed by atoms with E-state index >= 15 is 0 Å². The van der Waals surface area contributed by atoms with Gasteiger partial charge in [-0.05, 0) is 78.1 Å². The zero-order chi connectivity index (χ0) is 28.1. The molecule has 8 nitrogen and oxygen atoms in total. The molecule has 0 bridgehead atoms. The van der Waals surface area contributed by atoms with E-state index in [-0.39, 0.29) is 24.1 Å². The van der Waals surface area contributed by atoms with Crippen LogP contribution >= 0.6 is 0 Å². The van der Waals surface area contributed by atoms with Crippen molar-refractivity contribution in [2.75, 3.05) is 31.1 Å². The molecule has 2 fully saturated rings. The van der Waals surface area contributed by atoms with Crippen LogP contribution in [0.15, 0.2) is 36.7 Å². The third kappa shape index (κ3) is 5.58. The summed E-state index contributed by atoms with van der Waals surface area (Å²) >= 11 is 0. The van der Waals surface area contributed by atoms with Crippen LogP contribution in [0.5, 0.6) is 0 Å². The summed E-state index contributed by atoms with van der Waals surface area (Å²) in [7, 11) is 0. The van der Waals surface area contributed by atoms with Crippen LogP contribution in [0.2, 0.25) is 0 Å². The lowest BCUT2D eigenvalue weighted by atomic mass is 9.97. The second-order valence-electron chi connectivity index (χ2n) is 11.9. The summed E-state index contributed by atoms with van der Waals surface area (Å²) in [4.78, 5) is 36.8. The molecule has 0 spiro atoms. The zero-order valence-corrected chi connectivity index (χ0v) is 23.7. The average Bonchev–Trinajstić information content (AvgIpc) is 3.63. The normalized spacial score (nSPS) is 16.2. The lowest BCUT2D eigenvalue weighted by Crippen LogP contribution is -2.50. The number of imidazole rings is 1. The van der Waals surface area contributed by atoms with E-state index in [0.29, 0.717) is 37.3 Å². The highest BCUT2D eigenvalue weighted by atomic mass is 19.1. The monoisotopic (exact) mass is 535 g/mol. The van der Waals surface area contributed by atoms with Gasteiger partial charge in [-0.3, -0.25) is 4.79 Å². The van der Waals surface area contributed by atoms with Crippen LogP contribution in [0.4, 0.5) is 14.9 Å². The van der Waals surface area contributed by atoms with Gasteiger partial charge in [0.05, 0.1) is 23.0 Å². The topological polar surface area (TPSA) is 70.4 Å². The maximum Gasteiger partial charge on any atom is 0.410 e. The van der Waals surface area contributed by atoms with E-state index in [1.807, 2.05) is 57.0 Å². The molecule has 208 valence electrons. The van der Waals surface area contributed by atoms with Gasteiger partial charge in [0.25, 0.3) is 5.91 Å². The molecule has 3 aromatic rings. The summed E-state index contributed by atoms with van der Waals surface area (Å²) in [6.07, 6.45) is 5.49. The van der Waals surface area contributed by atoms with Gasteiger partial charge < -0.3 is 23.8 Å². The summed E-state index contributed by atoms with van der Waals surface area (Å²) in [6, 6.07) is 6.76. The van der Waals surface area contributed by atoms with E-state index in [1.165, 1.54) is 12.1 Å². The molecule has 2 aromatic heterocycles. The second-order valence-corrected chi connectivity index (χ2v) is 11.9. The predicted molar refractivity (Wildman–Crippen MR) is 150 cm³/mol. The Morgan fingerprint density at radius 1 is 1.08 bits per heavy atom. The van der Waals surface area contributed by atoms with Crippen LogP contribution in [0.25, 0.3) is 16.6 Å². The van der Waals surface area contributed by atoms with Crippen LogP contribution in [-0.2, 0) is 4.74 Å². The third-order valence-electron chi connectivity index (χ3n) is 7.34. The van der Waals surface area contributed by atoms with E-state index in [9.17, 15) is 14.0 Å². The van der Waals surface area contributed by atoms with Crippen LogP contribution in [0, 0.1) is 12.7 Å². The number of pyridine rings is 1. The number of aromatic nitrogens is 2. The Kier molecular flexibility index (Phi) is 7.03. The van der Waals surface area contributed by atoms with E-state index in [1.54, 1.807) is 17.2 Å². The van der Waals surface area contributed by atoms with Crippen molar-refractivity contribution in [3.63, 3.8) is 0 Å². The minimum atomic E-state index is -0.540. The number of benzene rings is 1. The fourth-order valence-corrected chi connectivity index (χ4v) is 5.31. The Bertz CT molecular complexity index is 1400. The van der Waals surface area contributed by atoms with Gasteiger partial charge in [0.1, 0.15) is 17.2 Å². The fraction of sp³-hybridized carbons (Fsp3) is 0.500. The molecule has 39 heavy (non-hydrogen) atoms. The number of nitrogens with zero attached hydrogens (tertiary/aromatic N) is 5. The molecule has 1 saturated carbocycles. The Hall–Kier alpha value is -3.62. The van der Waals surface area contributed by atoms with Crippen molar-refractivity contribution in [2.45, 2.75) is 72.1 Å². The maximum absolute atomic E-state index is 14.6. The number of carbonyl (C=O) groups is 2. The van der Waals surface area contributed by atoms with E-state index in [2.05, 4.69) is 16.0 Å². The molecule has 1 aliphatic heterocycles. The Balaban J connectivity index is 1.51. The maximum atomic E-state index is 14.6. The van der Waals surface area contributed by atoms with Gasteiger partial charge in [-0.1, -0.05) is 6.07 Å². The third-order valence-corrected chi connectivity index (χ3v) is 7.34. The highest BCUT2D eigenvalue weighted by Gasteiger charge is 2.36. The van der Waals surface area contributed by atoms with Crippen LogP contribution in [0.1, 0.15) is 63.6 Å². The number of aryl methyl sites for hydroxylation is 1. The van der Waals surface area contributed by atoms with E-state index in [0.717, 1.165) is 35.4 Å². The van der Waals surface area contributed by atoms with Crippen LogP contribution in [0.3, 0.4) is 0 Å². The summed E-state index contributed by atoms with van der Waals surface area (Å²) in [5, 5.41) is 0. The first-order valence-electron chi connectivity index (χ1n) is 13.8. The molecule has 3 heterocycles. The fourth-order valence-electron chi connectivity index (χ4n) is 5.31. The SMILES string of the molecule is Cc1ncc2c(-c3ccc(F)cc3C(=O)N(C(C)C)C3CC3)cc(N3CCN(C(=O)OC(C)(C)C)CC3)cn12. The van der Waals surface area contributed by atoms with Crippen molar-refractivity contribution in [2.24, 2.45) is 0 Å². The second kappa shape index (κ2) is 10.2. The van der Waals surface area contributed by atoms with Crippen molar-refractivity contribution in [1.29, 1.82) is 0 Å². The molecule has 9 heteroatoms. The van der Waals surface area contributed by atoms with Crippen molar-refractivity contribution < 1.29 is 18.7 Å². The number of rotatable bonds is 5. The molecule has 0 N–H and O–H groups in total. The van der Waals surface area contributed by atoms with Crippen molar-refractivity contribution >= 4 is 23.2 Å². The molecular formula is C30H38FN5O3. The zero-order valence-electron chi connectivity index (χ0n) is 23.7. The molecule has 1 aromatic carbocycles. The highest BCUT2D eigenvalue weighted by molar-refractivity contribution is 6.03. The number of piperazine rings is 1. The minimum absolute atomic E-state index is 0.0194. The first-order chi connectivity index (χ1) is 18.4. The number of halogens is 1. The number of carbonyl (C=O) groups excluding carboxylic acids is 2. The Morgan fingerprint density at radius 2 is 1.77 bits per heavy atom. The molecule has 2 aliphatic rings. The highest BCUT2D eigenvalue weighted by Crippen LogP contribution is 2.36. The average molecular weight is 536 g/mol. The summed E-state index contributed by atoms with van der Waals surface area (Å²) < 4.78 is 22.1. The molecule has 0 radical (unpaired) electrons. The molecule has 1 saturated heterocycles. The van der Waals surface area contributed by atoms with Gasteiger partial charge in [-0.15, -0.1) is 0 Å². The molecule has 5 rings (SSSR count). The van der Waals surface area contributed by atoms with E-state index < -0.39 is 11.4 Å². The van der Waals surface area contributed by atoms with Gasteiger partial charge in [0, 0.05) is 50.0 Å². The summed E-state index contributed by atoms with van der Waals surface area (Å²) in [5.74, 6) is 0.238. The molecule has 0 atom stereocenters. The Morgan fingerprint density at radius 3 is 2.38 bits per heavy atom. The van der Waals surface area contributed by atoms with Crippen molar-refractivity contribution in [1.82, 2.24) is 19.2 Å². The number of fused-ring (bicyclic) bond motifs is 1. The Labute approximate surface area is 229 Å². The van der Waals surface area contributed by atoms with E-state index in [4.69, 9.17) is 4.74 Å². The number of anilines is 1. The first kappa shape index (κ1) is 27.0. The number of amides is 2. The van der Waals surface area contributed by atoms with Crippen molar-refractivity contribution in [3.8, 4) is 11.1 Å². The number of hydrogen-bond acceptors (Lipinski definition) is 5. The quantitative estimate of drug-likeness (QED) is 0.430. The van der Waals surface area contributed by atoms with Crippen LogP contribution < -0.4 is 4.90 Å². The minimum Gasteiger partial charge on any atom is -0.444 e. The molecule has 0 unspecified atom stereocenters. The van der Waals surface area contributed by atoms with Crippen LogP contribution in [-0.4, -0.2) is 75.0 Å². The van der Waals surface area contributed by atoms with Crippen molar-refractivity contribution in [3.05, 3.63) is 53.9 Å². The standard InChI is InChI=1S/C30H38FN5O3/c1-19(2)36(22-8-9-22)28(37)26-15-21(31)7-10-24(26)25-16-23(18-35-20(3)32-17-27(25)35)33-11-13-34(14-12-33)29(38)39-30(4,5)6/h7,10,15-19,22H,8-9,11-14H2,1-6H3. The summed E-state index contributed by atoms with van der Waals surface area (Å²) in [5.41, 5.74) is 3.14. The predicted octanol–water partition coefficient (Wildman–Crippen LogP) is 5.52. The smallest absolute Gasteiger partial charge is 0.410 e. The number of hydrogen-bond donors (Lipinski definition) is 0. The molecule has 2 amide bonds. The van der Waals surface area contributed by atoms with Gasteiger partial charge in [-0.2, -0.15) is 0 Å². The number of ether oxygens (including phenoxy) is 1. The van der Waals surface area contributed by atoms with Gasteiger partial charge >= 0.3 is 6.09 Å². The van der Waals surface area contributed by atoms with Gasteiger partial charge in [0.15, 0.2) is 0 Å². The lowest BCUT2D eigenvalue weighted by molar-refractivity contribution is 0.0240. The summed E-state index contributed by atoms with van der Waals surface area (Å²) in [6.45, 7) is 13.9.